The van der Waals surface area contributed by atoms with E-state index in [1.807, 2.05) is 36.1 Å². The first-order valence-corrected chi connectivity index (χ1v) is 12.3. The summed E-state index contributed by atoms with van der Waals surface area (Å²) in [5.74, 6) is 1.46. The molecule has 1 aliphatic carbocycles. The van der Waals surface area contributed by atoms with E-state index in [1.165, 1.54) is 32.1 Å². The van der Waals surface area contributed by atoms with Crippen LogP contribution in [0.3, 0.4) is 0 Å². The number of carbonyl (C=O) groups is 1. The highest BCUT2D eigenvalue weighted by Gasteiger charge is 2.33. The summed E-state index contributed by atoms with van der Waals surface area (Å²) >= 11 is 0. The van der Waals surface area contributed by atoms with Crippen LogP contribution in [-0.4, -0.2) is 45.3 Å². The Bertz CT molecular complexity index is 1020. The SMILES string of the molecule is Cc1ccc(C(=O)N2CCC[C@H]2c2nc3c(c(=O)[nH]2)CCN(CC2CCCCC2)C3)cc1. The van der Waals surface area contributed by atoms with Crippen LogP contribution in [0.25, 0.3) is 0 Å². The zero-order chi connectivity index (χ0) is 22.1. The Hall–Kier alpha value is -2.47. The minimum Gasteiger partial charge on any atom is -0.328 e. The minimum absolute atomic E-state index is 0.0167. The number of aromatic nitrogens is 2. The van der Waals surface area contributed by atoms with Gasteiger partial charge in [-0.3, -0.25) is 14.5 Å². The van der Waals surface area contributed by atoms with Gasteiger partial charge in [-0.25, -0.2) is 4.98 Å². The van der Waals surface area contributed by atoms with E-state index < -0.39 is 0 Å². The quantitative estimate of drug-likeness (QED) is 0.790. The standard InChI is InChI=1S/C26H34N4O2/c1-18-9-11-20(12-10-18)26(32)30-14-5-8-23(30)24-27-22-17-29(15-13-21(22)25(31)28-24)16-19-6-3-2-4-7-19/h9-12,19,23H,2-8,13-17H2,1H3,(H,27,28,31)/t23-/m0/s1. The lowest BCUT2D eigenvalue weighted by Gasteiger charge is -2.33. The predicted octanol–water partition coefficient (Wildman–Crippen LogP) is 3.99. The molecule has 3 aliphatic rings. The van der Waals surface area contributed by atoms with Gasteiger partial charge < -0.3 is 9.88 Å². The van der Waals surface area contributed by atoms with E-state index in [4.69, 9.17) is 4.98 Å². The first kappa shape index (κ1) is 21.4. The maximum absolute atomic E-state index is 13.2. The van der Waals surface area contributed by atoms with Crippen molar-refractivity contribution in [2.45, 2.75) is 70.9 Å². The van der Waals surface area contributed by atoms with Crippen molar-refractivity contribution in [3.63, 3.8) is 0 Å². The number of nitrogens with zero attached hydrogens (tertiary/aromatic N) is 3. The molecule has 2 aliphatic heterocycles. The van der Waals surface area contributed by atoms with Gasteiger partial charge in [-0.15, -0.1) is 0 Å². The summed E-state index contributed by atoms with van der Waals surface area (Å²) in [5.41, 5.74) is 3.57. The second kappa shape index (κ2) is 9.18. The Morgan fingerprint density at radius 1 is 1.06 bits per heavy atom. The Kier molecular flexibility index (Phi) is 6.13. The molecule has 1 atom stereocenters. The maximum Gasteiger partial charge on any atom is 0.254 e. The monoisotopic (exact) mass is 434 g/mol. The van der Waals surface area contributed by atoms with Crippen LogP contribution in [0.4, 0.5) is 0 Å². The molecule has 1 aromatic heterocycles. The number of likely N-dealkylation sites (tertiary alicyclic amines) is 1. The molecule has 2 aromatic rings. The number of amides is 1. The van der Waals surface area contributed by atoms with Gasteiger partial charge >= 0.3 is 0 Å². The number of H-pyrrole nitrogens is 1. The molecule has 1 amide bonds. The fraction of sp³-hybridized carbons (Fsp3) is 0.577. The van der Waals surface area contributed by atoms with Gasteiger partial charge in [-0.2, -0.15) is 0 Å². The van der Waals surface area contributed by atoms with Gasteiger partial charge in [0.2, 0.25) is 0 Å². The van der Waals surface area contributed by atoms with Crippen LogP contribution >= 0.6 is 0 Å². The largest absolute Gasteiger partial charge is 0.328 e. The Labute approximate surface area is 190 Å². The van der Waals surface area contributed by atoms with Crippen LogP contribution in [0.2, 0.25) is 0 Å². The lowest BCUT2D eigenvalue weighted by Crippen LogP contribution is -2.39. The minimum atomic E-state index is -0.157. The van der Waals surface area contributed by atoms with Gasteiger partial charge in [0.25, 0.3) is 11.5 Å². The molecule has 6 nitrogen and oxygen atoms in total. The fourth-order valence-electron chi connectivity index (χ4n) is 5.72. The zero-order valence-electron chi connectivity index (χ0n) is 19.1. The average Bonchev–Trinajstić information content (AvgIpc) is 3.29. The number of rotatable bonds is 4. The number of benzene rings is 1. The van der Waals surface area contributed by atoms with Gasteiger partial charge in [-0.1, -0.05) is 37.0 Å². The van der Waals surface area contributed by atoms with E-state index in [-0.39, 0.29) is 17.5 Å². The Morgan fingerprint density at radius 3 is 2.62 bits per heavy atom. The summed E-state index contributed by atoms with van der Waals surface area (Å²) in [6.07, 6.45) is 9.26. The number of aromatic amines is 1. The number of carbonyl (C=O) groups excluding carboxylic acids is 1. The van der Waals surface area contributed by atoms with Gasteiger partial charge in [-0.05, 0) is 57.1 Å². The molecule has 5 rings (SSSR count). The molecule has 0 radical (unpaired) electrons. The van der Waals surface area contributed by atoms with Gasteiger partial charge in [0.15, 0.2) is 0 Å². The van der Waals surface area contributed by atoms with E-state index >= 15 is 0 Å². The van der Waals surface area contributed by atoms with Crippen molar-refractivity contribution in [2.75, 3.05) is 19.6 Å². The molecule has 1 aromatic carbocycles. The number of aryl methyl sites for hydroxylation is 1. The van der Waals surface area contributed by atoms with Crippen LogP contribution in [0, 0.1) is 12.8 Å². The van der Waals surface area contributed by atoms with E-state index in [2.05, 4.69) is 9.88 Å². The second-order valence-electron chi connectivity index (χ2n) is 9.89. The summed E-state index contributed by atoms with van der Waals surface area (Å²) in [5, 5.41) is 0. The van der Waals surface area contributed by atoms with Crippen molar-refractivity contribution in [2.24, 2.45) is 5.92 Å². The lowest BCUT2D eigenvalue weighted by atomic mass is 9.88. The molecule has 3 heterocycles. The third-order valence-electron chi connectivity index (χ3n) is 7.54. The van der Waals surface area contributed by atoms with Crippen LogP contribution in [0.15, 0.2) is 29.1 Å². The summed E-state index contributed by atoms with van der Waals surface area (Å²) < 4.78 is 0. The predicted molar refractivity (Wildman–Crippen MR) is 125 cm³/mol. The summed E-state index contributed by atoms with van der Waals surface area (Å²) in [4.78, 5) is 38.5. The van der Waals surface area contributed by atoms with E-state index in [0.717, 1.165) is 61.6 Å². The van der Waals surface area contributed by atoms with Crippen molar-refractivity contribution >= 4 is 5.91 Å². The van der Waals surface area contributed by atoms with E-state index in [1.54, 1.807) is 0 Å². The molecule has 2 fully saturated rings. The Morgan fingerprint density at radius 2 is 1.84 bits per heavy atom. The van der Waals surface area contributed by atoms with E-state index in [9.17, 15) is 9.59 Å². The van der Waals surface area contributed by atoms with Crippen molar-refractivity contribution in [3.8, 4) is 0 Å². The van der Waals surface area contributed by atoms with Gasteiger partial charge in [0.05, 0.1) is 11.7 Å². The third-order valence-corrected chi connectivity index (χ3v) is 7.54. The van der Waals surface area contributed by atoms with Crippen LogP contribution < -0.4 is 5.56 Å². The molecule has 32 heavy (non-hydrogen) atoms. The third kappa shape index (κ3) is 4.38. The topological polar surface area (TPSA) is 69.3 Å². The molecule has 0 unspecified atom stereocenters. The summed E-state index contributed by atoms with van der Waals surface area (Å²) in [6, 6.07) is 7.56. The molecular formula is C26H34N4O2. The maximum atomic E-state index is 13.2. The molecule has 1 saturated heterocycles. The van der Waals surface area contributed by atoms with Crippen LogP contribution in [0.5, 0.6) is 0 Å². The fourth-order valence-corrected chi connectivity index (χ4v) is 5.72. The van der Waals surface area contributed by atoms with Crippen LogP contribution in [-0.2, 0) is 13.0 Å². The Balaban J connectivity index is 1.35. The average molecular weight is 435 g/mol. The first-order valence-electron chi connectivity index (χ1n) is 12.3. The highest BCUT2D eigenvalue weighted by molar-refractivity contribution is 5.94. The molecule has 1 N–H and O–H groups in total. The molecule has 170 valence electrons. The lowest BCUT2D eigenvalue weighted by molar-refractivity contribution is 0.0729. The molecule has 0 bridgehead atoms. The van der Waals surface area contributed by atoms with E-state index in [0.29, 0.717) is 17.9 Å². The molecule has 6 heteroatoms. The summed E-state index contributed by atoms with van der Waals surface area (Å²) in [7, 11) is 0. The van der Waals surface area contributed by atoms with Gasteiger partial charge in [0.1, 0.15) is 5.82 Å². The summed E-state index contributed by atoms with van der Waals surface area (Å²) in [6.45, 7) is 5.53. The van der Waals surface area contributed by atoms with Gasteiger partial charge in [0, 0.05) is 37.3 Å². The number of nitrogens with one attached hydrogen (secondary N) is 1. The second-order valence-corrected chi connectivity index (χ2v) is 9.89. The molecular weight excluding hydrogens is 400 g/mol. The number of hydrogen-bond acceptors (Lipinski definition) is 4. The van der Waals surface area contributed by atoms with Crippen LogP contribution in [0.1, 0.15) is 84.0 Å². The number of fused-ring (bicyclic) bond motifs is 1. The van der Waals surface area contributed by atoms with Crippen molar-refractivity contribution in [1.82, 2.24) is 19.8 Å². The first-order chi connectivity index (χ1) is 15.6. The molecule has 0 spiro atoms. The molecule has 1 saturated carbocycles. The highest BCUT2D eigenvalue weighted by atomic mass is 16.2. The van der Waals surface area contributed by atoms with Crippen molar-refractivity contribution in [1.29, 1.82) is 0 Å². The van der Waals surface area contributed by atoms with Crippen molar-refractivity contribution < 1.29 is 4.79 Å². The normalized spacial score (nSPS) is 22.2. The highest BCUT2D eigenvalue weighted by Crippen LogP contribution is 2.32. The number of hydrogen-bond donors (Lipinski definition) is 1. The zero-order valence-corrected chi connectivity index (χ0v) is 19.1. The van der Waals surface area contributed by atoms with Crippen molar-refractivity contribution in [3.05, 3.63) is 62.8 Å². The smallest absolute Gasteiger partial charge is 0.254 e.